The first kappa shape index (κ1) is 36.0. The SMILES string of the molecule is CC(C)(C)OC(=O)NCCSSCCN.CC(C)(C)OC(=O)NCCSSCCNC(=O)CBr. The Morgan fingerprint density at radius 1 is 0.706 bits per heavy atom. The molecule has 0 aliphatic carbocycles. The zero-order chi connectivity index (χ0) is 26.5. The molecule has 0 rings (SSSR count). The van der Waals surface area contributed by atoms with Crippen LogP contribution in [0.25, 0.3) is 0 Å². The van der Waals surface area contributed by atoms with E-state index in [9.17, 15) is 14.4 Å². The van der Waals surface area contributed by atoms with Gasteiger partial charge < -0.3 is 31.2 Å². The van der Waals surface area contributed by atoms with Crippen LogP contribution in [-0.4, -0.2) is 83.8 Å². The third kappa shape index (κ3) is 31.9. The molecule has 0 saturated heterocycles. The van der Waals surface area contributed by atoms with Gasteiger partial charge >= 0.3 is 12.2 Å². The quantitative estimate of drug-likeness (QED) is 0.126. The van der Waals surface area contributed by atoms with E-state index in [1.165, 1.54) is 0 Å². The van der Waals surface area contributed by atoms with Gasteiger partial charge in [0.2, 0.25) is 5.91 Å². The molecule has 0 spiro atoms. The number of hydrogen-bond donors (Lipinski definition) is 4. The largest absolute Gasteiger partial charge is 0.444 e. The van der Waals surface area contributed by atoms with Crippen molar-refractivity contribution in [3.63, 3.8) is 0 Å². The molecule has 0 fully saturated rings. The summed E-state index contributed by atoms with van der Waals surface area (Å²) in [5, 5.41) is 8.47. The fourth-order valence-electron chi connectivity index (χ4n) is 1.58. The second-order valence-electron chi connectivity index (χ2n) is 8.42. The highest BCUT2D eigenvalue weighted by Gasteiger charge is 2.16. The minimum absolute atomic E-state index is 0.00260. The van der Waals surface area contributed by atoms with Crippen LogP contribution in [0.4, 0.5) is 9.59 Å². The number of carbonyl (C=O) groups is 3. The van der Waals surface area contributed by atoms with E-state index in [1.807, 2.05) is 41.5 Å². The highest BCUT2D eigenvalue weighted by atomic mass is 79.9. The van der Waals surface area contributed by atoms with E-state index in [0.29, 0.717) is 31.5 Å². The van der Waals surface area contributed by atoms with Crippen molar-refractivity contribution in [1.82, 2.24) is 16.0 Å². The summed E-state index contributed by atoms with van der Waals surface area (Å²) in [6.45, 7) is 13.6. The fourth-order valence-corrected chi connectivity index (χ4v) is 5.36. The lowest BCUT2D eigenvalue weighted by molar-refractivity contribution is -0.118. The van der Waals surface area contributed by atoms with E-state index in [2.05, 4.69) is 31.9 Å². The molecule has 0 heterocycles. The molecule has 3 amide bonds. The van der Waals surface area contributed by atoms with Crippen LogP contribution in [0.15, 0.2) is 0 Å². The van der Waals surface area contributed by atoms with Gasteiger partial charge in [-0.05, 0) is 41.5 Å². The molecule has 0 aromatic heterocycles. The zero-order valence-corrected chi connectivity index (χ0v) is 25.8. The summed E-state index contributed by atoms with van der Waals surface area (Å²) in [7, 11) is 6.74. The maximum atomic E-state index is 11.3. The Hall–Kier alpha value is -0.150. The van der Waals surface area contributed by atoms with E-state index >= 15 is 0 Å². The summed E-state index contributed by atoms with van der Waals surface area (Å²) in [5.41, 5.74) is 4.45. The van der Waals surface area contributed by atoms with Crippen LogP contribution in [0, 0.1) is 0 Å². The molecule has 202 valence electrons. The first-order valence-corrected chi connectivity index (χ1v) is 16.9. The standard InChI is InChI=1S/C11H21BrN2O3S2.C9H20N2O2S2/c1-11(2,3)17-10(16)14-5-7-19-18-6-4-13-9(15)8-12;1-9(2,3)13-8(12)11-5-7-15-14-6-4-10/h4-8H2,1-3H3,(H,13,15)(H,14,16);4-7,10H2,1-3H3,(H,11,12). The molecule has 0 aliphatic heterocycles. The Morgan fingerprint density at radius 3 is 1.38 bits per heavy atom. The monoisotopic (exact) mass is 624 g/mol. The van der Waals surface area contributed by atoms with Crippen LogP contribution >= 0.6 is 59.1 Å². The Bertz CT molecular complexity index is 564. The van der Waals surface area contributed by atoms with Crippen LogP contribution in [-0.2, 0) is 14.3 Å². The van der Waals surface area contributed by atoms with Gasteiger partial charge in [0.25, 0.3) is 0 Å². The summed E-state index contributed by atoms with van der Waals surface area (Å²) in [4.78, 5) is 33.4. The van der Waals surface area contributed by atoms with Gasteiger partial charge in [0.15, 0.2) is 0 Å². The number of ether oxygens (including phenoxy) is 2. The molecule has 0 bridgehead atoms. The Morgan fingerprint density at radius 2 is 1.06 bits per heavy atom. The summed E-state index contributed by atoms with van der Waals surface area (Å²) in [6.07, 6.45) is -0.741. The number of rotatable bonds is 14. The fraction of sp³-hybridized carbons (Fsp3) is 0.850. The number of halogens is 1. The van der Waals surface area contributed by atoms with Crippen molar-refractivity contribution in [3.05, 3.63) is 0 Å². The molecular formula is C20H41BrN4O5S4. The van der Waals surface area contributed by atoms with Gasteiger partial charge in [-0.2, -0.15) is 0 Å². The normalized spacial score (nSPS) is 11.1. The van der Waals surface area contributed by atoms with Crippen molar-refractivity contribution >= 4 is 77.2 Å². The number of alkyl halides is 1. The van der Waals surface area contributed by atoms with E-state index < -0.39 is 11.2 Å². The first-order chi connectivity index (χ1) is 15.8. The molecular weight excluding hydrogens is 584 g/mol. The van der Waals surface area contributed by atoms with E-state index in [1.54, 1.807) is 43.2 Å². The summed E-state index contributed by atoms with van der Waals surface area (Å²) < 4.78 is 10.2. The van der Waals surface area contributed by atoms with Gasteiger partial charge in [-0.1, -0.05) is 59.1 Å². The lowest BCUT2D eigenvalue weighted by Crippen LogP contribution is -2.33. The van der Waals surface area contributed by atoms with Gasteiger partial charge in [-0.3, -0.25) is 4.79 Å². The number of alkyl carbamates (subject to hydrolysis) is 2. The number of hydrogen-bond acceptors (Lipinski definition) is 10. The minimum Gasteiger partial charge on any atom is -0.444 e. The van der Waals surface area contributed by atoms with Crippen molar-refractivity contribution in [2.75, 3.05) is 54.5 Å². The summed E-state index contributed by atoms with van der Waals surface area (Å²) in [6, 6.07) is 0. The Balaban J connectivity index is 0. The smallest absolute Gasteiger partial charge is 0.407 e. The van der Waals surface area contributed by atoms with E-state index in [0.717, 1.165) is 23.0 Å². The third-order valence-corrected chi connectivity index (χ3v) is 8.06. The van der Waals surface area contributed by atoms with Crippen LogP contribution < -0.4 is 21.7 Å². The molecule has 0 saturated carbocycles. The van der Waals surface area contributed by atoms with Crippen molar-refractivity contribution in [3.8, 4) is 0 Å². The van der Waals surface area contributed by atoms with Gasteiger partial charge in [0, 0.05) is 49.2 Å². The van der Waals surface area contributed by atoms with Crippen LogP contribution in [0.1, 0.15) is 41.5 Å². The molecule has 0 aromatic carbocycles. The molecule has 0 aliphatic rings. The van der Waals surface area contributed by atoms with Crippen LogP contribution in [0.3, 0.4) is 0 Å². The molecule has 0 atom stereocenters. The van der Waals surface area contributed by atoms with Gasteiger partial charge in [0.05, 0.1) is 5.33 Å². The highest BCUT2D eigenvalue weighted by Crippen LogP contribution is 2.19. The Labute approximate surface area is 229 Å². The molecule has 34 heavy (non-hydrogen) atoms. The predicted octanol–water partition coefficient (Wildman–Crippen LogP) is 4.25. The van der Waals surface area contributed by atoms with E-state index in [-0.39, 0.29) is 18.1 Å². The number of nitrogens with two attached hydrogens (primary N) is 1. The molecule has 5 N–H and O–H groups in total. The maximum Gasteiger partial charge on any atom is 0.407 e. The second kappa shape index (κ2) is 22.1. The van der Waals surface area contributed by atoms with E-state index in [4.69, 9.17) is 15.2 Å². The highest BCUT2D eigenvalue weighted by molar-refractivity contribution is 9.09. The topological polar surface area (TPSA) is 132 Å². The zero-order valence-electron chi connectivity index (χ0n) is 21.0. The Kier molecular flexibility index (Phi) is 23.4. The van der Waals surface area contributed by atoms with Crippen molar-refractivity contribution < 1.29 is 23.9 Å². The third-order valence-electron chi connectivity index (χ3n) is 2.70. The summed E-state index contributed by atoms with van der Waals surface area (Å²) in [5.74, 6) is 3.45. The lowest BCUT2D eigenvalue weighted by Gasteiger charge is -2.19. The van der Waals surface area contributed by atoms with Crippen LogP contribution in [0.5, 0.6) is 0 Å². The molecule has 0 aromatic rings. The number of amides is 3. The van der Waals surface area contributed by atoms with Gasteiger partial charge in [-0.15, -0.1) is 0 Å². The minimum atomic E-state index is -0.459. The average molecular weight is 626 g/mol. The molecule has 0 unspecified atom stereocenters. The molecule has 9 nitrogen and oxygen atoms in total. The number of nitrogens with one attached hydrogen (secondary N) is 3. The van der Waals surface area contributed by atoms with Crippen LogP contribution in [0.2, 0.25) is 0 Å². The van der Waals surface area contributed by atoms with Gasteiger partial charge in [-0.25, -0.2) is 9.59 Å². The maximum absolute atomic E-state index is 11.3. The number of carbonyl (C=O) groups excluding carboxylic acids is 3. The predicted molar refractivity (Wildman–Crippen MR) is 154 cm³/mol. The van der Waals surface area contributed by atoms with Crippen molar-refractivity contribution in [2.45, 2.75) is 52.7 Å². The van der Waals surface area contributed by atoms with Gasteiger partial charge in [0.1, 0.15) is 11.2 Å². The molecule has 14 heteroatoms. The lowest BCUT2D eigenvalue weighted by atomic mass is 10.2. The second-order valence-corrected chi connectivity index (χ2v) is 14.4. The van der Waals surface area contributed by atoms with Crippen molar-refractivity contribution in [1.29, 1.82) is 0 Å². The molecule has 0 radical (unpaired) electrons. The summed E-state index contributed by atoms with van der Waals surface area (Å²) >= 11 is 3.08. The van der Waals surface area contributed by atoms with Crippen molar-refractivity contribution in [2.24, 2.45) is 5.73 Å². The first-order valence-electron chi connectivity index (χ1n) is 10.8. The average Bonchev–Trinajstić information content (AvgIpc) is 2.70.